The van der Waals surface area contributed by atoms with E-state index in [1.807, 2.05) is 42.5 Å². The third kappa shape index (κ3) is 3.02. The standard InChI is InChI=1S/C25H17NO/c1-3-8-18(9-4-1)20-12-7-13-21(16-20)23-15-14-22-17-24(27-25(22)26-23)19-10-5-2-6-11-19/h1-17H. The lowest BCUT2D eigenvalue weighted by Gasteiger charge is -2.05. The fourth-order valence-corrected chi connectivity index (χ4v) is 3.31. The van der Waals surface area contributed by atoms with Gasteiger partial charge in [0.25, 0.3) is 0 Å². The van der Waals surface area contributed by atoms with Crippen LogP contribution in [0.2, 0.25) is 0 Å². The topological polar surface area (TPSA) is 26.0 Å². The maximum absolute atomic E-state index is 6.02. The van der Waals surface area contributed by atoms with Crippen LogP contribution in [-0.4, -0.2) is 4.98 Å². The molecule has 0 bridgehead atoms. The Kier molecular flexibility index (Phi) is 3.80. The highest BCUT2D eigenvalue weighted by Gasteiger charge is 2.09. The lowest BCUT2D eigenvalue weighted by atomic mass is 10.0. The summed E-state index contributed by atoms with van der Waals surface area (Å²) in [4.78, 5) is 4.76. The van der Waals surface area contributed by atoms with Gasteiger partial charge in [0.15, 0.2) is 0 Å². The Labute approximate surface area is 157 Å². The Hall–Kier alpha value is -3.65. The molecule has 0 aliphatic heterocycles. The number of fused-ring (bicyclic) bond motifs is 1. The maximum Gasteiger partial charge on any atom is 0.227 e. The molecule has 0 N–H and O–H groups in total. The van der Waals surface area contributed by atoms with Crippen molar-refractivity contribution in [2.24, 2.45) is 0 Å². The quantitative estimate of drug-likeness (QED) is 0.357. The summed E-state index contributed by atoms with van der Waals surface area (Å²) in [7, 11) is 0. The van der Waals surface area contributed by atoms with E-state index in [-0.39, 0.29) is 0 Å². The summed E-state index contributed by atoms with van der Waals surface area (Å²) < 4.78 is 6.02. The summed E-state index contributed by atoms with van der Waals surface area (Å²) in [5.74, 6) is 0.841. The first-order valence-electron chi connectivity index (χ1n) is 8.99. The van der Waals surface area contributed by atoms with Crippen molar-refractivity contribution < 1.29 is 4.42 Å². The van der Waals surface area contributed by atoms with E-state index in [1.165, 1.54) is 11.1 Å². The molecule has 0 atom stereocenters. The van der Waals surface area contributed by atoms with Crippen LogP contribution >= 0.6 is 0 Å². The third-order valence-electron chi connectivity index (χ3n) is 4.71. The van der Waals surface area contributed by atoms with Gasteiger partial charge in [0.2, 0.25) is 5.71 Å². The van der Waals surface area contributed by atoms with Crippen molar-refractivity contribution in [1.82, 2.24) is 4.98 Å². The SMILES string of the molecule is c1ccc(-c2cccc(-c3ccc4cc(-c5ccccc5)oc4n3)c2)cc1. The third-order valence-corrected chi connectivity index (χ3v) is 4.71. The molecule has 0 aliphatic rings. The molecule has 0 radical (unpaired) electrons. The predicted octanol–water partition coefficient (Wildman–Crippen LogP) is 6.83. The van der Waals surface area contributed by atoms with Crippen molar-refractivity contribution in [3.63, 3.8) is 0 Å². The number of hydrogen-bond donors (Lipinski definition) is 0. The number of rotatable bonds is 3. The van der Waals surface area contributed by atoms with E-state index < -0.39 is 0 Å². The molecule has 5 rings (SSSR count). The van der Waals surface area contributed by atoms with E-state index in [9.17, 15) is 0 Å². The molecule has 0 spiro atoms. The summed E-state index contributed by atoms with van der Waals surface area (Å²) in [6.45, 7) is 0. The molecule has 0 saturated heterocycles. The summed E-state index contributed by atoms with van der Waals surface area (Å²) in [5.41, 5.74) is 6.09. The Morgan fingerprint density at radius 3 is 1.96 bits per heavy atom. The van der Waals surface area contributed by atoms with Crippen LogP contribution in [0.15, 0.2) is 108 Å². The second kappa shape index (κ2) is 6.58. The van der Waals surface area contributed by atoms with Gasteiger partial charge in [0.05, 0.1) is 5.69 Å². The van der Waals surface area contributed by atoms with Gasteiger partial charge in [-0.15, -0.1) is 0 Å². The molecule has 5 aromatic rings. The average molecular weight is 347 g/mol. The van der Waals surface area contributed by atoms with E-state index in [0.717, 1.165) is 28.0 Å². The molecule has 27 heavy (non-hydrogen) atoms. The van der Waals surface area contributed by atoms with Crippen LogP contribution in [0.4, 0.5) is 0 Å². The fraction of sp³-hybridized carbons (Fsp3) is 0. The minimum absolute atomic E-state index is 0.663. The van der Waals surface area contributed by atoms with Crippen LogP contribution in [0, 0.1) is 0 Å². The molecule has 0 fully saturated rings. The Morgan fingerprint density at radius 2 is 1.19 bits per heavy atom. The van der Waals surface area contributed by atoms with Crippen LogP contribution in [0.5, 0.6) is 0 Å². The molecular formula is C25H17NO. The van der Waals surface area contributed by atoms with Crippen molar-refractivity contribution in [3.05, 3.63) is 103 Å². The van der Waals surface area contributed by atoms with Gasteiger partial charge in [-0.25, -0.2) is 4.98 Å². The van der Waals surface area contributed by atoms with Crippen molar-refractivity contribution in [2.45, 2.75) is 0 Å². The van der Waals surface area contributed by atoms with Gasteiger partial charge in [-0.3, -0.25) is 0 Å². The molecule has 0 amide bonds. The minimum atomic E-state index is 0.663. The van der Waals surface area contributed by atoms with E-state index in [0.29, 0.717) is 5.71 Å². The zero-order chi connectivity index (χ0) is 18.1. The normalized spacial score (nSPS) is 11.0. The van der Waals surface area contributed by atoms with Crippen molar-refractivity contribution in [3.8, 4) is 33.7 Å². The van der Waals surface area contributed by atoms with Crippen LogP contribution in [0.25, 0.3) is 44.8 Å². The van der Waals surface area contributed by atoms with Gasteiger partial charge in [-0.1, -0.05) is 78.9 Å². The first kappa shape index (κ1) is 15.6. The van der Waals surface area contributed by atoms with E-state index in [1.54, 1.807) is 0 Å². The largest absolute Gasteiger partial charge is 0.438 e. The van der Waals surface area contributed by atoms with Crippen LogP contribution in [0.1, 0.15) is 0 Å². The second-order valence-electron chi connectivity index (χ2n) is 6.51. The second-order valence-corrected chi connectivity index (χ2v) is 6.51. The van der Waals surface area contributed by atoms with Crippen LogP contribution < -0.4 is 0 Å². The Balaban J connectivity index is 1.56. The van der Waals surface area contributed by atoms with Gasteiger partial charge in [0.1, 0.15) is 5.76 Å². The molecule has 128 valence electrons. The van der Waals surface area contributed by atoms with Crippen LogP contribution in [-0.2, 0) is 0 Å². The molecule has 2 heterocycles. The molecular weight excluding hydrogens is 330 g/mol. The van der Waals surface area contributed by atoms with Crippen molar-refractivity contribution in [2.75, 3.05) is 0 Å². The van der Waals surface area contributed by atoms with E-state index in [4.69, 9.17) is 9.40 Å². The van der Waals surface area contributed by atoms with Gasteiger partial charge >= 0.3 is 0 Å². The molecule has 2 nitrogen and oxygen atoms in total. The van der Waals surface area contributed by atoms with E-state index in [2.05, 4.69) is 60.7 Å². The van der Waals surface area contributed by atoms with Gasteiger partial charge < -0.3 is 4.42 Å². The predicted molar refractivity (Wildman–Crippen MR) is 110 cm³/mol. The van der Waals surface area contributed by atoms with Crippen molar-refractivity contribution >= 4 is 11.1 Å². The smallest absolute Gasteiger partial charge is 0.227 e. The highest BCUT2D eigenvalue weighted by Crippen LogP contribution is 2.30. The zero-order valence-corrected chi connectivity index (χ0v) is 14.7. The number of benzene rings is 3. The molecule has 0 unspecified atom stereocenters. The molecule has 2 aromatic heterocycles. The lowest BCUT2D eigenvalue weighted by molar-refractivity contribution is 0.619. The van der Waals surface area contributed by atoms with Gasteiger partial charge in [-0.05, 0) is 35.4 Å². The summed E-state index contributed by atoms with van der Waals surface area (Å²) in [6, 6.07) is 35.1. The van der Waals surface area contributed by atoms with Crippen LogP contribution in [0.3, 0.4) is 0 Å². The lowest BCUT2D eigenvalue weighted by Crippen LogP contribution is -1.84. The van der Waals surface area contributed by atoms with Crippen molar-refractivity contribution in [1.29, 1.82) is 0 Å². The summed E-state index contributed by atoms with van der Waals surface area (Å²) in [6.07, 6.45) is 0. The molecule has 0 aliphatic carbocycles. The number of aromatic nitrogens is 1. The van der Waals surface area contributed by atoms with E-state index >= 15 is 0 Å². The Bertz CT molecular complexity index is 1210. The first-order valence-corrected chi connectivity index (χ1v) is 8.99. The Morgan fingerprint density at radius 1 is 0.519 bits per heavy atom. The average Bonchev–Trinajstić information content (AvgIpc) is 3.19. The first-order chi connectivity index (χ1) is 13.4. The molecule has 3 aromatic carbocycles. The highest BCUT2D eigenvalue weighted by atomic mass is 16.3. The van der Waals surface area contributed by atoms with Gasteiger partial charge in [-0.2, -0.15) is 0 Å². The summed E-state index contributed by atoms with van der Waals surface area (Å²) in [5, 5.41) is 1.01. The highest BCUT2D eigenvalue weighted by molar-refractivity contribution is 5.83. The molecule has 2 heteroatoms. The number of pyridine rings is 1. The number of hydrogen-bond acceptors (Lipinski definition) is 2. The zero-order valence-electron chi connectivity index (χ0n) is 14.7. The summed E-state index contributed by atoms with van der Waals surface area (Å²) >= 11 is 0. The van der Waals surface area contributed by atoms with Gasteiger partial charge in [0, 0.05) is 16.5 Å². The molecule has 0 saturated carbocycles. The minimum Gasteiger partial charge on any atom is -0.438 e. The monoisotopic (exact) mass is 347 g/mol. The maximum atomic E-state index is 6.02. The fourth-order valence-electron chi connectivity index (χ4n) is 3.31. The number of furan rings is 1. The number of nitrogens with zero attached hydrogens (tertiary/aromatic N) is 1.